The van der Waals surface area contributed by atoms with Gasteiger partial charge in [-0.3, -0.25) is 14.6 Å². The summed E-state index contributed by atoms with van der Waals surface area (Å²) in [6, 6.07) is 12.4. The van der Waals surface area contributed by atoms with Crippen LogP contribution < -0.4 is 30.7 Å². The number of hydrogen-bond donors (Lipinski definition) is 4. The lowest BCUT2D eigenvalue weighted by Crippen LogP contribution is -2.35. The summed E-state index contributed by atoms with van der Waals surface area (Å²) in [4.78, 5) is 37.0. The van der Waals surface area contributed by atoms with Crippen molar-refractivity contribution in [2.75, 3.05) is 20.2 Å². The number of ether oxygens (including phenoxy) is 2. The van der Waals surface area contributed by atoms with E-state index in [-0.39, 0.29) is 41.9 Å². The van der Waals surface area contributed by atoms with Gasteiger partial charge >= 0.3 is 6.18 Å². The average Bonchev–Trinajstić information content (AvgIpc) is 3.98. The molecule has 2 amide bonds. The highest BCUT2D eigenvalue weighted by molar-refractivity contribution is 6.35. The van der Waals surface area contributed by atoms with Crippen LogP contribution in [0.1, 0.15) is 66.0 Å². The van der Waals surface area contributed by atoms with Gasteiger partial charge in [0.15, 0.2) is 0 Å². The van der Waals surface area contributed by atoms with Crippen molar-refractivity contribution >= 4 is 34.4 Å². The molecule has 1 aromatic carbocycles. The second-order valence-electron chi connectivity index (χ2n) is 14.7. The Bertz CT molecular complexity index is 2350. The molecule has 2 aliphatic heterocycles. The Balaban J connectivity index is 1.02. The Morgan fingerprint density at radius 1 is 0.895 bits per heavy atom. The predicted octanol–water partition coefficient (Wildman–Crippen LogP) is 6.18. The molecule has 4 aromatic heterocycles. The van der Waals surface area contributed by atoms with Crippen molar-refractivity contribution < 1.29 is 32.2 Å². The first-order valence-corrected chi connectivity index (χ1v) is 19.4. The van der Waals surface area contributed by atoms with Gasteiger partial charge in [0, 0.05) is 92.6 Å². The number of carbonyl (C=O) groups excluding carboxylic acids is 2. The molecule has 12 nitrogen and oxygen atoms in total. The molecule has 57 heavy (non-hydrogen) atoms. The number of alkyl halides is 3. The van der Waals surface area contributed by atoms with Crippen molar-refractivity contribution in [3.05, 3.63) is 87.7 Å². The molecule has 2 saturated heterocycles. The molecule has 0 spiro atoms. The van der Waals surface area contributed by atoms with Crippen LogP contribution in [0.5, 0.6) is 11.8 Å². The molecule has 3 atom stereocenters. The van der Waals surface area contributed by atoms with E-state index < -0.39 is 23.7 Å². The molecule has 8 rings (SSSR count). The number of benzene rings is 1. The summed E-state index contributed by atoms with van der Waals surface area (Å²) in [5, 5.41) is 13.8. The topological polar surface area (TPSA) is 144 Å². The molecule has 2 fully saturated rings. The fraction of sp³-hybridized carbons (Fsp3) is 0.390. The average molecular weight is 803 g/mol. The van der Waals surface area contributed by atoms with Crippen LogP contribution in [-0.4, -0.2) is 63.6 Å². The summed E-state index contributed by atoms with van der Waals surface area (Å²) in [6.07, 6.45) is 1.69. The van der Waals surface area contributed by atoms with Crippen molar-refractivity contribution in [1.29, 1.82) is 0 Å². The van der Waals surface area contributed by atoms with Gasteiger partial charge in [0.25, 0.3) is 0 Å². The lowest BCUT2D eigenvalue weighted by molar-refractivity contribution is -0.139. The zero-order chi connectivity index (χ0) is 39.8. The van der Waals surface area contributed by atoms with Crippen molar-refractivity contribution in [1.82, 2.24) is 40.8 Å². The molecule has 0 unspecified atom stereocenters. The van der Waals surface area contributed by atoms with Crippen LogP contribution in [0.4, 0.5) is 13.2 Å². The number of aryl methyl sites for hydroxylation is 1. The first-order valence-electron chi connectivity index (χ1n) is 19.0. The number of fused-ring (bicyclic) bond motifs is 2. The van der Waals surface area contributed by atoms with Crippen LogP contribution in [-0.2, 0) is 42.3 Å². The number of carbonyl (C=O) groups is 2. The zero-order valence-corrected chi connectivity index (χ0v) is 32.2. The minimum absolute atomic E-state index is 0.0198. The summed E-state index contributed by atoms with van der Waals surface area (Å²) in [6.45, 7) is 1.78. The van der Waals surface area contributed by atoms with Crippen LogP contribution in [0.25, 0.3) is 33.5 Å². The highest BCUT2D eigenvalue weighted by atomic mass is 35.5. The van der Waals surface area contributed by atoms with Crippen molar-refractivity contribution in [3.63, 3.8) is 0 Å². The van der Waals surface area contributed by atoms with Gasteiger partial charge in [0.2, 0.25) is 23.6 Å². The van der Waals surface area contributed by atoms with E-state index in [0.717, 1.165) is 45.8 Å². The molecule has 0 radical (unpaired) electrons. The third kappa shape index (κ3) is 8.00. The van der Waals surface area contributed by atoms with Gasteiger partial charge in [-0.25, -0.2) is 4.98 Å². The van der Waals surface area contributed by atoms with Gasteiger partial charge in [-0.15, -0.1) is 0 Å². The fourth-order valence-electron chi connectivity index (χ4n) is 8.09. The first kappa shape index (κ1) is 38.6. The molecule has 4 N–H and O–H groups in total. The monoisotopic (exact) mass is 802 g/mol. The van der Waals surface area contributed by atoms with E-state index in [1.807, 2.05) is 54.2 Å². The lowest BCUT2D eigenvalue weighted by Gasteiger charge is -2.21. The Morgan fingerprint density at radius 2 is 1.61 bits per heavy atom. The van der Waals surface area contributed by atoms with Gasteiger partial charge in [-0.05, 0) is 66.6 Å². The molecule has 298 valence electrons. The summed E-state index contributed by atoms with van der Waals surface area (Å²) in [5.41, 5.74) is 5.38. The number of nitrogens with one attached hydrogen (secondary N) is 4. The highest BCUT2D eigenvalue weighted by Gasteiger charge is 2.39. The number of hydrogen-bond acceptors (Lipinski definition) is 9. The van der Waals surface area contributed by atoms with Crippen LogP contribution in [0.15, 0.2) is 54.9 Å². The summed E-state index contributed by atoms with van der Waals surface area (Å²) in [7, 11) is 3.30. The fourth-order valence-corrected chi connectivity index (χ4v) is 8.40. The second kappa shape index (κ2) is 15.9. The molecular weight excluding hydrogens is 761 g/mol. The normalized spacial score (nSPS) is 19.2. The number of halogens is 4. The Labute approximate surface area is 331 Å². The van der Waals surface area contributed by atoms with Crippen LogP contribution in [0.2, 0.25) is 5.02 Å². The van der Waals surface area contributed by atoms with Crippen LogP contribution in [0, 0.1) is 0 Å². The molecule has 6 heterocycles. The van der Waals surface area contributed by atoms with E-state index in [2.05, 4.69) is 31.2 Å². The van der Waals surface area contributed by atoms with E-state index in [4.69, 9.17) is 26.1 Å². The zero-order valence-electron chi connectivity index (χ0n) is 31.4. The van der Waals surface area contributed by atoms with Crippen molar-refractivity contribution in [2.45, 2.75) is 76.0 Å². The summed E-state index contributed by atoms with van der Waals surface area (Å²) < 4.78 is 57.0. The molecule has 0 saturated carbocycles. The molecule has 5 aromatic rings. The standard InChI is InChI=1S/C41H42ClF3N8O4/c1-53-21-23(18-47-20-25-7-13-35(55)50-25)26-8-10-32(51-38(26)53)30-14-15-48-37(36(30)42)29-5-3-4-28-27(29)9-11-33(28)57-40-31(41(43,44)45)16-22(39(52-40)56-2)17-46-19-24-6-12-34(54)49-24/h3-5,8,10,14-16,21,24-25,33,46-47H,6-7,9,11-13,17-20H2,1-2H3,(H,49,54)(H,50,55)/t24-,25-,33+/m1/s1. The van der Waals surface area contributed by atoms with Gasteiger partial charge in [0.05, 0.1) is 23.5 Å². The van der Waals surface area contributed by atoms with Crippen LogP contribution >= 0.6 is 11.6 Å². The highest BCUT2D eigenvalue weighted by Crippen LogP contribution is 2.45. The summed E-state index contributed by atoms with van der Waals surface area (Å²) in [5.74, 6) is -0.487. The Kier molecular flexibility index (Phi) is 10.8. The van der Waals surface area contributed by atoms with Gasteiger partial charge < -0.3 is 35.3 Å². The van der Waals surface area contributed by atoms with E-state index in [9.17, 15) is 22.8 Å². The smallest absolute Gasteiger partial charge is 0.421 e. The maximum atomic E-state index is 14.5. The molecule has 1 aliphatic carbocycles. The number of methoxy groups -OCH3 is 1. The maximum Gasteiger partial charge on any atom is 0.421 e. The van der Waals surface area contributed by atoms with Crippen molar-refractivity contribution in [2.24, 2.45) is 7.05 Å². The number of amides is 2. The lowest BCUT2D eigenvalue weighted by atomic mass is 9.98. The van der Waals surface area contributed by atoms with Gasteiger partial charge in [0.1, 0.15) is 17.3 Å². The summed E-state index contributed by atoms with van der Waals surface area (Å²) >= 11 is 7.13. The molecule has 16 heteroatoms. The number of nitrogens with zero attached hydrogens (tertiary/aromatic N) is 4. The van der Waals surface area contributed by atoms with Crippen LogP contribution in [0.3, 0.4) is 0 Å². The van der Waals surface area contributed by atoms with E-state index in [1.165, 1.54) is 7.11 Å². The Morgan fingerprint density at radius 3 is 2.28 bits per heavy atom. The largest absolute Gasteiger partial charge is 0.481 e. The number of pyridine rings is 3. The quantitative estimate of drug-likeness (QED) is 0.110. The minimum Gasteiger partial charge on any atom is -0.481 e. The molecule has 0 bridgehead atoms. The first-order chi connectivity index (χ1) is 27.5. The molecule has 3 aliphatic rings. The van der Waals surface area contributed by atoms with E-state index in [0.29, 0.717) is 73.7 Å². The van der Waals surface area contributed by atoms with E-state index in [1.54, 1.807) is 6.20 Å². The van der Waals surface area contributed by atoms with Gasteiger partial charge in [-0.1, -0.05) is 29.8 Å². The Hall–Kier alpha value is -5.25. The number of aromatic nitrogens is 4. The van der Waals surface area contributed by atoms with Crippen molar-refractivity contribution in [3.8, 4) is 34.3 Å². The van der Waals surface area contributed by atoms with Gasteiger partial charge in [-0.2, -0.15) is 18.2 Å². The predicted molar refractivity (Wildman–Crippen MR) is 208 cm³/mol. The third-order valence-electron chi connectivity index (χ3n) is 10.9. The second-order valence-corrected chi connectivity index (χ2v) is 15.1. The minimum atomic E-state index is -4.74. The molecular formula is C41H42ClF3N8O4. The SMILES string of the molecule is COc1nc(O[C@H]2CCc3c(-c4nccc(-c5ccc6c(CNC[C@H]7CCC(=O)N7)cn(C)c6n5)c4Cl)cccc32)c(C(F)(F)F)cc1CNC[C@H]1CCC(=O)N1. The number of rotatable bonds is 13. The third-order valence-corrected chi connectivity index (χ3v) is 11.3. The van der Waals surface area contributed by atoms with E-state index >= 15 is 0 Å². The maximum absolute atomic E-state index is 14.5.